The van der Waals surface area contributed by atoms with Gasteiger partial charge in [0.1, 0.15) is 16.4 Å². The minimum Gasteiger partial charge on any atom is -0.481 e. The number of benzene rings is 1. The van der Waals surface area contributed by atoms with E-state index >= 15 is 0 Å². The van der Waals surface area contributed by atoms with Crippen molar-refractivity contribution in [2.24, 2.45) is 0 Å². The third kappa shape index (κ3) is 3.15. The molecular weight excluding hydrogens is 352 g/mol. The summed E-state index contributed by atoms with van der Waals surface area (Å²) in [5.41, 5.74) is 2.19. The summed E-state index contributed by atoms with van der Waals surface area (Å²) in [7, 11) is 3.38. The largest absolute Gasteiger partial charge is 0.481 e. The first kappa shape index (κ1) is 17.9. The minimum atomic E-state index is -0.978. The number of thioether (sulfide) groups is 1. The Balaban J connectivity index is 2.19. The lowest BCUT2D eigenvalue weighted by molar-refractivity contribution is -0.133. The SMILES string of the molecule is C=C1N(C)C(=O)c2c(SCC(=O)O)nc(-c3ccc(C)cc3)nc2N1C. The van der Waals surface area contributed by atoms with Crippen molar-refractivity contribution in [1.29, 1.82) is 0 Å². The topological polar surface area (TPSA) is 86.6 Å². The molecular formula is C18H18N4O3S. The quantitative estimate of drug-likeness (QED) is 0.654. The molecule has 8 heteroatoms. The van der Waals surface area contributed by atoms with Gasteiger partial charge in [-0.2, -0.15) is 0 Å². The van der Waals surface area contributed by atoms with Crippen LogP contribution in [0.4, 0.5) is 5.82 Å². The summed E-state index contributed by atoms with van der Waals surface area (Å²) < 4.78 is 0. The van der Waals surface area contributed by atoms with Gasteiger partial charge >= 0.3 is 5.97 Å². The highest BCUT2D eigenvalue weighted by atomic mass is 32.2. The molecule has 3 rings (SSSR count). The fourth-order valence-electron chi connectivity index (χ4n) is 2.56. The molecule has 0 saturated heterocycles. The molecule has 134 valence electrons. The fraction of sp³-hybridized carbons (Fsp3) is 0.222. The van der Waals surface area contributed by atoms with Gasteiger partial charge in [-0.25, -0.2) is 9.97 Å². The Morgan fingerprint density at radius 2 is 1.85 bits per heavy atom. The average molecular weight is 370 g/mol. The number of nitrogens with zero attached hydrogens (tertiary/aromatic N) is 4. The third-order valence-electron chi connectivity index (χ3n) is 4.11. The van der Waals surface area contributed by atoms with Crippen molar-refractivity contribution in [2.75, 3.05) is 24.7 Å². The summed E-state index contributed by atoms with van der Waals surface area (Å²) in [5.74, 6) is -0.117. The summed E-state index contributed by atoms with van der Waals surface area (Å²) in [4.78, 5) is 35.9. The highest BCUT2D eigenvalue weighted by Crippen LogP contribution is 2.36. The van der Waals surface area contributed by atoms with Crippen molar-refractivity contribution in [3.8, 4) is 11.4 Å². The van der Waals surface area contributed by atoms with E-state index in [1.807, 2.05) is 31.2 Å². The standard InChI is InChI=1S/C18H18N4O3S/c1-10-5-7-12(8-6-10)15-19-16-14(17(20-15)26-9-13(23)24)18(25)22(4)11(2)21(16)3/h5-8H,2,9H2,1,3-4H3,(H,23,24). The Hall–Kier alpha value is -2.87. The van der Waals surface area contributed by atoms with E-state index in [1.165, 1.54) is 4.90 Å². The predicted molar refractivity (Wildman–Crippen MR) is 100 cm³/mol. The van der Waals surface area contributed by atoms with Crippen LogP contribution in [0.5, 0.6) is 0 Å². The van der Waals surface area contributed by atoms with E-state index in [-0.39, 0.29) is 11.7 Å². The molecule has 2 aromatic rings. The second-order valence-corrected chi connectivity index (χ2v) is 6.90. The number of fused-ring (bicyclic) bond motifs is 1. The number of anilines is 1. The molecule has 1 aromatic carbocycles. The van der Waals surface area contributed by atoms with Gasteiger partial charge in [-0.05, 0) is 6.92 Å². The highest BCUT2D eigenvalue weighted by Gasteiger charge is 2.34. The van der Waals surface area contributed by atoms with Crippen molar-refractivity contribution >= 4 is 29.5 Å². The maximum Gasteiger partial charge on any atom is 0.313 e. The molecule has 26 heavy (non-hydrogen) atoms. The molecule has 0 bridgehead atoms. The van der Waals surface area contributed by atoms with E-state index in [4.69, 9.17) is 5.11 Å². The molecule has 0 aliphatic carbocycles. The molecule has 0 saturated carbocycles. The van der Waals surface area contributed by atoms with Gasteiger partial charge in [0, 0.05) is 19.7 Å². The Morgan fingerprint density at radius 1 is 1.19 bits per heavy atom. The zero-order valence-corrected chi connectivity index (χ0v) is 15.5. The third-order valence-corrected chi connectivity index (χ3v) is 5.07. The molecule has 1 aromatic heterocycles. The molecule has 0 spiro atoms. The van der Waals surface area contributed by atoms with E-state index in [0.29, 0.717) is 28.1 Å². The fourth-order valence-corrected chi connectivity index (χ4v) is 3.29. The number of aromatic nitrogens is 2. The maximum absolute atomic E-state index is 12.7. The Labute approximate surface area is 155 Å². The second-order valence-electron chi connectivity index (χ2n) is 5.94. The minimum absolute atomic E-state index is 0.196. The monoisotopic (exact) mass is 370 g/mol. The molecule has 2 heterocycles. The van der Waals surface area contributed by atoms with Crippen LogP contribution in [0.25, 0.3) is 11.4 Å². The van der Waals surface area contributed by atoms with Gasteiger partial charge in [0.05, 0.1) is 5.75 Å². The van der Waals surface area contributed by atoms with Gasteiger partial charge in [-0.1, -0.05) is 48.2 Å². The van der Waals surface area contributed by atoms with Crippen molar-refractivity contribution in [3.63, 3.8) is 0 Å². The van der Waals surface area contributed by atoms with Gasteiger partial charge in [-0.15, -0.1) is 0 Å². The van der Waals surface area contributed by atoms with Crippen LogP contribution in [0, 0.1) is 6.92 Å². The Kier molecular flexibility index (Phi) is 4.69. The van der Waals surface area contributed by atoms with Gasteiger partial charge in [0.25, 0.3) is 5.91 Å². The van der Waals surface area contributed by atoms with E-state index < -0.39 is 5.97 Å². The van der Waals surface area contributed by atoms with Crippen LogP contribution >= 0.6 is 11.8 Å². The molecule has 1 amide bonds. The number of carboxylic acid groups (broad SMARTS) is 1. The number of rotatable bonds is 4. The van der Waals surface area contributed by atoms with Gasteiger partial charge < -0.3 is 10.0 Å². The first-order valence-electron chi connectivity index (χ1n) is 7.84. The normalized spacial score (nSPS) is 13.8. The van der Waals surface area contributed by atoms with Crippen LogP contribution in [0.3, 0.4) is 0 Å². The van der Waals surface area contributed by atoms with Crippen LogP contribution in [-0.4, -0.2) is 51.7 Å². The molecule has 1 aliphatic heterocycles. The molecule has 0 fully saturated rings. The maximum atomic E-state index is 12.7. The lowest BCUT2D eigenvalue weighted by Gasteiger charge is -2.35. The number of aliphatic carboxylic acids is 1. The van der Waals surface area contributed by atoms with Gasteiger partial charge in [0.15, 0.2) is 11.6 Å². The van der Waals surface area contributed by atoms with Crippen LogP contribution < -0.4 is 4.90 Å². The number of carboxylic acids is 1. The zero-order chi connectivity index (χ0) is 19.0. The lowest BCUT2D eigenvalue weighted by atomic mass is 10.1. The number of carbonyl (C=O) groups is 2. The van der Waals surface area contributed by atoms with Crippen LogP contribution in [0.1, 0.15) is 15.9 Å². The summed E-state index contributed by atoms with van der Waals surface area (Å²) in [6.07, 6.45) is 0. The summed E-state index contributed by atoms with van der Waals surface area (Å²) in [5, 5.41) is 9.37. The molecule has 0 radical (unpaired) electrons. The molecule has 0 unspecified atom stereocenters. The molecule has 1 N–H and O–H groups in total. The smallest absolute Gasteiger partial charge is 0.313 e. The van der Waals surface area contributed by atoms with Crippen molar-refractivity contribution in [3.05, 3.63) is 47.8 Å². The molecule has 0 atom stereocenters. The number of aryl methyl sites for hydroxylation is 1. The lowest BCUT2D eigenvalue weighted by Crippen LogP contribution is -2.41. The van der Waals surface area contributed by atoms with E-state index in [0.717, 1.165) is 22.9 Å². The second kappa shape index (κ2) is 6.80. The predicted octanol–water partition coefficient (Wildman–Crippen LogP) is 2.62. The first-order valence-corrected chi connectivity index (χ1v) is 8.82. The number of amides is 1. The van der Waals surface area contributed by atoms with Crippen LogP contribution in [0.15, 0.2) is 41.7 Å². The van der Waals surface area contributed by atoms with Gasteiger partial charge in [-0.3, -0.25) is 14.5 Å². The number of hydrogen-bond acceptors (Lipinski definition) is 6. The molecule has 7 nitrogen and oxygen atoms in total. The number of carbonyl (C=O) groups excluding carboxylic acids is 1. The zero-order valence-electron chi connectivity index (χ0n) is 14.7. The van der Waals surface area contributed by atoms with Crippen molar-refractivity contribution in [2.45, 2.75) is 11.9 Å². The van der Waals surface area contributed by atoms with Gasteiger partial charge in [0.2, 0.25) is 0 Å². The molecule has 1 aliphatic rings. The summed E-state index contributed by atoms with van der Waals surface area (Å²) in [6.45, 7) is 5.90. The Morgan fingerprint density at radius 3 is 2.46 bits per heavy atom. The van der Waals surface area contributed by atoms with Crippen molar-refractivity contribution < 1.29 is 14.7 Å². The summed E-state index contributed by atoms with van der Waals surface area (Å²) in [6, 6.07) is 7.69. The first-order chi connectivity index (χ1) is 12.3. The Bertz CT molecular complexity index is 911. The van der Waals surface area contributed by atoms with Crippen LogP contribution in [0.2, 0.25) is 0 Å². The van der Waals surface area contributed by atoms with E-state index in [9.17, 15) is 9.59 Å². The van der Waals surface area contributed by atoms with E-state index in [2.05, 4.69) is 16.5 Å². The van der Waals surface area contributed by atoms with Crippen molar-refractivity contribution in [1.82, 2.24) is 14.9 Å². The van der Waals surface area contributed by atoms with E-state index in [1.54, 1.807) is 19.0 Å². The summed E-state index contributed by atoms with van der Waals surface area (Å²) >= 11 is 1.01. The average Bonchev–Trinajstić information content (AvgIpc) is 2.62. The highest BCUT2D eigenvalue weighted by molar-refractivity contribution is 8.00. The van der Waals surface area contributed by atoms with Crippen LogP contribution in [-0.2, 0) is 4.79 Å². The number of hydrogen-bond donors (Lipinski definition) is 1.